The van der Waals surface area contributed by atoms with Crippen molar-refractivity contribution in [2.75, 3.05) is 27.2 Å². The van der Waals surface area contributed by atoms with Crippen molar-refractivity contribution in [2.45, 2.75) is 53.2 Å². The highest BCUT2D eigenvalue weighted by molar-refractivity contribution is 5.80. The second kappa shape index (κ2) is 9.50. The third kappa shape index (κ3) is 7.80. The molecule has 2 unspecified atom stereocenters. The minimum Gasteiger partial charge on any atom is -0.464 e. The number of guanidine groups is 1. The summed E-state index contributed by atoms with van der Waals surface area (Å²) in [6.07, 6.45) is -0.311. The molecule has 2 N–H and O–H groups in total. The number of amides is 1. The summed E-state index contributed by atoms with van der Waals surface area (Å²) in [5.41, 5.74) is -0.487. The number of rotatable bonds is 6. The van der Waals surface area contributed by atoms with Gasteiger partial charge in [-0.2, -0.15) is 0 Å². The van der Waals surface area contributed by atoms with Crippen molar-refractivity contribution in [3.05, 3.63) is 23.7 Å². The van der Waals surface area contributed by atoms with E-state index in [1.165, 1.54) is 0 Å². The summed E-state index contributed by atoms with van der Waals surface area (Å²) in [5.74, 6) is 2.67. The predicted octanol–water partition coefficient (Wildman–Crippen LogP) is 3.32. The van der Waals surface area contributed by atoms with Crippen LogP contribution in [0.1, 0.15) is 52.2 Å². The van der Waals surface area contributed by atoms with Crippen LogP contribution in [-0.4, -0.2) is 49.7 Å². The Morgan fingerprint density at radius 2 is 2.00 bits per heavy atom. The summed E-state index contributed by atoms with van der Waals surface area (Å²) in [5, 5.41) is 6.59. The van der Waals surface area contributed by atoms with Gasteiger partial charge in [0.15, 0.2) is 5.96 Å². The lowest BCUT2D eigenvalue weighted by atomic mass is 10.1. The van der Waals surface area contributed by atoms with Crippen molar-refractivity contribution in [1.82, 2.24) is 15.5 Å². The second-order valence-corrected chi connectivity index (χ2v) is 7.73. The van der Waals surface area contributed by atoms with Crippen LogP contribution in [0.15, 0.2) is 21.5 Å². The molecule has 0 aliphatic carbocycles. The van der Waals surface area contributed by atoms with Crippen molar-refractivity contribution in [2.24, 2.45) is 10.9 Å². The molecular weight excluding hydrogens is 332 g/mol. The average molecular weight is 367 g/mol. The van der Waals surface area contributed by atoms with Crippen LogP contribution in [0.25, 0.3) is 0 Å². The van der Waals surface area contributed by atoms with Gasteiger partial charge in [0.1, 0.15) is 17.1 Å². The van der Waals surface area contributed by atoms with E-state index in [9.17, 15) is 4.79 Å². The number of hydrogen-bond acceptors (Lipinski definition) is 4. The lowest BCUT2D eigenvalue weighted by Gasteiger charge is -2.27. The molecule has 1 aromatic heterocycles. The van der Waals surface area contributed by atoms with Gasteiger partial charge in [0.05, 0.1) is 6.04 Å². The number of nitrogens with zero attached hydrogens (tertiary/aromatic N) is 2. The molecule has 1 amide bonds. The van der Waals surface area contributed by atoms with E-state index < -0.39 is 5.60 Å². The minimum atomic E-state index is -0.487. The topological polar surface area (TPSA) is 79.1 Å². The SMILES string of the molecule is CN=C(NCC(C)CN(C)C(=O)OC(C)(C)C)NC(C)c1ccc(C)o1. The van der Waals surface area contributed by atoms with E-state index in [-0.39, 0.29) is 18.1 Å². The highest BCUT2D eigenvalue weighted by atomic mass is 16.6. The van der Waals surface area contributed by atoms with E-state index in [1.807, 2.05) is 46.8 Å². The quantitative estimate of drug-likeness (QED) is 0.596. The van der Waals surface area contributed by atoms with Gasteiger partial charge in [-0.05, 0) is 52.7 Å². The molecule has 2 atom stereocenters. The first kappa shape index (κ1) is 21.9. The normalized spacial score (nSPS) is 14.5. The fraction of sp³-hybridized carbons (Fsp3) is 0.684. The van der Waals surface area contributed by atoms with E-state index in [0.29, 0.717) is 19.0 Å². The van der Waals surface area contributed by atoms with Gasteiger partial charge in [0, 0.05) is 27.2 Å². The maximum Gasteiger partial charge on any atom is 0.410 e. The molecule has 7 heteroatoms. The van der Waals surface area contributed by atoms with Crippen LogP contribution in [0, 0.1) is 12.8 Å². The number of carbonyl (C=O) groups excluding carboxylic acids is 1. The smallest absolute Gasteiger partial charge is 0.410 e. The minimum absolute atomic E-state index is 0.00893. The van der Waals surface area contributed by atoms with Gasteiger partial charge >= 0.3 is 6.09 Å². The molecule has 1 aromatic rings. The first-order valence-corrected chi connectivity index (χ1v) is 8.99. The Morgan fingerprint density at radius 1 is 1.35 bits per heavy atom. The fourth-order valence-corrected chi connectivity index (χ4v) is 2.37. The summed E-state index contributed by atoms with van der Waals surface area (Å²) in [6, 6.07) is 3.91. The van der Waals surface area contributed by atoms with Gasteiger partial charge in [-0.1, -0.05) is 6.92 Å². The lowest BCUT2D eigenvalue weighted by Crippen LogP contribution is -2.43. The Labute approximate surface area is 157 Å². The number of carbonyl (C=O) groups is 1. The largest absolute Gasteiger partial charge is 0.464 e. The molecule has 1 rings (SSSR count). The van der Waals surface area contributed by atoms with Crippen LogP contribution < -0.4 is 10.6 Å². The average Bonchev–Trinajstić information content (AvgIpc) is 2.96. The van der Waals surface area contributed by atoms with Crippen molar-refractivity contribution >= 4 is 12.1 Å². The molecule has 0 radical (unpaired) electrons. The zero-order chi connectivity index (χ0) is 19.9. The fourth-order valence-electron chi connectivity index (χ4n) is 2.37. The van der Waals surface area contributed by atoms with E-state index in [4.69, 9.17) is 9.15 Å². The van der Waals surface area contributed by atoms with Gasteiger partial charge in [-0.3, -0.25) is 4.99 Å². The van der Waals surface area contributed by atoms with Gasteiger partial charge in [0.25, 0.3) is 0 Å². The van der Waals surface area contributed by atoms with Crippen molar-refractivity contribution in [3.63, 3.8) is 0 Å². The second-order valence-electron chi connectivity index (χ2n) is 7.73. The number of aliphatic imine (C=N–C) groups is 1. The van der Waals surface area contributed by atoms with E-state index in [0.717, 1.165) is 11.5 Å². The molecule has 0 bridgehead atoms. The Bertz CT molecular complexity index is 604. The molecule has 0 aliphatic rings. The summed E-state index contributed by atoms with van der Waals surface area (Å²) in [6.45, 7) is 12.9. The first-order valence-electron chi connectivity index (χ1n) is 8.99. The number of hydrogen-bond donors (Lipinski definition) is 2. The molecule has 7 nitrogen and oxygen atoms in total. The Morgan fingerprint density at radius 3 is 2.50 bits per heavy atom. The summed E-state index contributed by atoms with van der Waals surface area (Å²) in [4.78, 5) is 17.9. The third-order valence-electron chi connectivity index (χ3n) is 3.67. The highest BCUT2D eigenvalue weighted by Crippen LogP contribution is 2.15. The number of aryl methyl sites for hydroxylation is 1. The summed E-state index contributed by atoms with van der Waals surface area (Å²) < 4.78 is 11.0. The Balaban J connectivity index is 2.44. The third-order valence-corrected chi connectivity index (χ3v) is 3.67. The Hall–Kier alpha value is -2.18. The molecule has 26 heavy (non-hydrogen) atoms. The maximum absolute atomic E-state index is 12.0. The van der Waals surface area contributed by atoms with E-state index in [2.05, 4.69) is 22.5 Å². The molecule has 0 aliphatic heterocycles. The molecule has 0 saturated carbocycles. The van der Waals surface area contributed by atoms with Crippen molar-refractivity contribution in [1.29, 1.82) is 0 Å². The van der Waals surface area contributed by atoms with Crippen LogP contribution in [0.4, 0.5) is 4.79 Å². The first-order chi connectivity index (χ1) is 12.0. The lowest BCUT2D eigenvalue weighted by molar-refractivity contribution is 0.0278. The number of nitrogens with one attached hydrogen (secondary N) is 2. The van der Waals surface area contributed by atoms with Crippen LogP contribution >= 0.6 is 0 Å². The van der Waals surface area contributed by atoms with E-state index >= 15 is 0 Å². The molecule has 0 saturated heterocycles. The van der Waals surface area contributed by atoms with Gasteiger partial charge in [-0.25, -0.2) is 4.79 Å². The summed E-state index contributed by atoms with van der Waals surface area (Å²) >= 11 is 0. The van der Waals surface area contributed by atoms with Gasteiger partial charge in [-0.15, -0.1) is 0 Å². The molecule has 1 heterocycles. The zero-order valence-corrected chi connectivity index (χ0v) is 17.3. The number of furan rings is 1. The van der Waals surface area contributed by atoms with Gasteiger partial charge < -0.3 is 24.7 Å². The van der Waals surface area contributed by atoms with Crippen LogP contribution in [0.3, 0.4) is 0 Å². The van der Waals surface area contributed by atoms with E-state index in [1.54, 1.807) is 19.0 Å². The number of ether oxygens (including phenoxy) is 1. The van der Waals surface area contributed by atoms with Crippen LogP contribution in [-0.2, 0) is 4.74 Å². The molecule has 148 valence electrons. The molecule has 0 aromatic carbocycles. The molecular formula is C19H34N4O3. The summed E-state index contributed by atoms with van der Waals surface area (Å²) in [7, 11) is 3.48. The highest BCUT2D eigenvalue weighted by Gasteiger charge is 2.21. The monoisotopic (exact) mass is 366 g/mol. The zero-order valence-electron chi connectivity index (χ0n) is 17.3. The van der Waals surface area contributed by atoms with Crippen LogP contribution in [0.5, 0.6) is 0 Å². The molecule has 0 spiro atoms. The standard InChI is InChI=1S/C19H34N4O3/c1-13(12-23(8)18(24)26-19(4,5)6)11-21-17(20-7)22-15(3)16-10-9-14(2)25-16/h9-10,13,15H,11-12H2,1-8H3,(H2,20,21,22). The predicted molar refractivity (Wildman–Crippen MR) is 104 cm³/mol. The van der Waals surface area contributed by atoms with Crippen LogP contribution in [0.2, 0.25) is 0 Å². The van der Waals surface area contributed by atoms with Crippen molar-refractivity contribution in [3.8, 4) is 0 Å². The van der Waals surface area contributed by atoms with Gasteiger partial charge in [0.2, 0.25) is 0 Å². The Kier molecular flexibility index (Phi) is 7.99. The maximum atomic E-state index is 12.0. The molecule has 0 fully saturated rings. The van der Waals surface area contributed by atoms with Crippen molar-refractivity contribution < 1.29 is 13.9 Å².